The van der Waals surface area contributed by atoms with E-state index >= 15 is 0 Å². The molecule has 0 N–H and O–H groups in total. The molecule has 5 heteroatoms. The summed E-state index contributed by atoms with van der Waals surface area (Å²) in [5.74, 6) is -1.66. The normalized spacial score (nSPS) is 12.1. The van der Waals surface area contributed by atoms with Crippen LogP contribution in [0.2, 0.25) is 0 Å². The average molecular weight is 376 g/mol. The lowest BCUT2D eigenvalue weighted by Gasteiger charge is -2.10. The van der Waals surface area contributed by atoms with Crippen LogP contribution in [0, 0.1) is 11.7 Å². The third-order valence-corrected chi connectivity index (χ3v) is 3.64. The molecular formula is C14H14FIO3. The zero-order chi connectivity index (χ0) is 14.6. The van der Waals surface area contributed by atoms with E-state index in [-0.39, 0.29) is 23.1 Å². The molecule has 0 saturated heterocycles. The van der Waals surface area contributed by atoms with Crippen LogP contribution in [0.25, 0.3) is 3.58 Å². The van der Waals surface area contributed by atoms with Crippen molar-refractivity contribution in [3.8, 4) is 0 Å². The SMILES string of the molecule is COC(=O)C(C(=O)C(C)C)=C(I)c1ccc(F)cc1. The Balaban J connectivity index is 3.35. The fourth-order valence-corrected chi connectivity index (χ4v) is 2.28. The number of carbonyl (C=O) groups is 2. The first-order chi connectivity index (χ1) is 8.88. The van der Waals surface area contributed by atoms with Gasteiger partial charge in [0.1, 0.15) is 11.4 Å². The van der Waals surface area contributed by atoms with E-state index in [1.807, 2.05) is 22.6 Å². The molecule has 1 aromatic carbocycles. The number of Topliss-reactive ketones (excluding diaryl/α,β-unsaturated/α-hetero) is 1. The molecule has 0 aliphatic rings. The number of rotatable bonds is 4. The summed E-state index contributed by atoms with van der Waals surface area (Å²) in [4.78, 5) is 23.8. The van der Waals surface area contributed by atoms with Gasteiger partial charge in [-0.25, -0.2) is 9.18 Å². The van der Waals surface area contributed by atoms with Crippen LogP contribution in [0.15, 0.2) is 29.8 Å². The molecule has 0 bridgehead atoms. The van der Waals surface area contributed by atoms with E-state index in [1.165, 1.54) is 31.4 Å². The zero-order valence-corrected chi connectivity index (χ0v) is 13.0. The van der Waals surface area contributed by atoms with Crippen LogP contribution in [0.4, 0.5) is 4.39 Å². The number of hydrogen-bond donors (Lipinski definition) is 0. The molecule has 102 valence electrons. The highest BCUT2D eigenvalue weighted by molar-refractivity contribution is 14.1. The van der Waals surface area contributed by atoms with Gasteiger partial charge in [-0.1, -0.05) is 26.0 Å². The maximum atomic E-state index is 12.9. The number of methoxy groups -OCH3 is 1. The van der Waals surface area contributed by atoms with Crippen molar-refractivity contribution in [2.24, 2.45) is 5.92 Å². The second-order valence-electron chi connectivity index (χ2n) is 4.21. The van der Waals surface area contributed by atoms with E-state index in [2.05, 4.69) is 4.74 Å². The molecule has 0 amide bonds. The first-order valence-electron chi connectivity index (χ1n) is 5.66. The summed E-state index contributed by atoms with van der Waals surface area (Å²) >= 11 is 1.90. The van der Waals surface area contributed by atoms with Gasteiger partial charge in [0.15, 0.2) is 5.78 Å². The number of halogens is 2. The van der Waals surface area contributed by atoms with Crippen molar-refractivity contribution >= 4 is 37.9 Å². The highest BCUT2D eigenvalue weighted by atomic mass is 127. The van der Waals surface area contributed by atoms with Crippen LogP contribution in [0.3, 0.4) is 0 Å². The minimum Gasteiger partial charge on any atom is -0.465 e. The summed E-state index contributed by atoms with van der Waals surface area (Å²) in [6.45, 7) is 3.42. The van der Waals surface area contributed by atoms with Crippen molar-refractivity contribution in [1.82, 2.24) is 0 Å². The fraction of sp³-hybridized carbons (Fsp3) is 0.286. The molecule has 0 atom stereocenters. The quantitative estimate of drug-likeness (QED) is 0.266. The Kier molecular flexibility index (Phi) is 5.65. The summed E-state index contributed by atoms with van der Waals surface area (Å²) < 4.78 is 18.0. The average Bonchev–Trinajstić information content (AvgIpc) is 2.39. The second-order valence-corrected chi connectivity index (χ2v) is 5.29. The van der Waals surface area contributed by atoms with Crippen molar-refractivity contribution in [2.45, 2.75) is 13.8 Å². The van der Waals surface area contributed by atoms with Gasteiger partial charge in [-0.05, 0) is 40.3 Å². The highest BCUT2D eigenvalue weighted by Crippen LogP contribution is 2.28. The van der Waals surface area contributed by atoms with Gasteiger partial charge in [0.05, 0.1) is 7.11 Å². The molecule has 0 fully saturated rings. The molecule has 0 aliphatic heterocycles. The molecule has 3 nitrogen and oxygen atoms in total. The van der Waals surface area contributed by atoms with E-state index in [4.69, 9.17) is 0 Å². The second kappa shape index (κ2) is 6.79. The predicted octanol–water partition coefficient (Wildman–Crippen LogP) is 3.37. The minimum absolute atomic E-state index is 0.00436. The number of benzene rings is 1. The van der Waals surface area contributed by atoms with Gasteiger partial charge in [-0.2, -0.15) is 0 Å². The van der Waals surface area contributed by atoms with Crippen molar-refractivity contribution in [3.05, 3.63) is 41.2 Å². The predicted molar refractivity (Wildman–Crippen MR) is 79.2 cm³/mol. The fourth-order valence-electron chi connectivity index (χ4n) is 1.43. The van der Waals surface area contributed by atoms with Gasteiger partial charge >= 0.3 is 5.97 Å². The van der Waals surface area contributed by atoms with Gasteiger partial charge in [0.25, 0.3) is 0 Å². The Morgan fingerprint density at radius 1 is 1.21 bits per heavy atom. The van der Waals surface area contributed by atoms with Crippen molar-refractivity contribution in [2.75, 3.05) is 7.11 Å². The Hall–Kier alpha value is -1.24. The van der Waals surface area contributed by atoms with Gasteiger partial charge in [-0.3, -0.25) is 4.79 Å². The largest absolute Gasteiger partial charge is 0.465 e. The zero-order valence-electron chi connectivity index (χ0n) is 10.9. The topological polar surface area (TPSA) is 43.4 Å². The third kappa shape index (κ3) is 3.86. The molecule has 19 heavy (non-hydrogen) atoms. The lowest BCUT2D eigenvalue weighted by molar-refractivity contribution is -0.138. The maximum absolute atomic E-state index is 12.9. The molecule has 1 rings (SSSR count). The first kappa shape index (κ1) is 15.8. The molecule has 0 aromatic heterocycles. The van der Waals surface area contributed by atoms with Crippen LogP contribution in [-0.2, 0) is 14.3 Å². The van der Waals surface area contributed by atoms with E-state index in [9.17, 15) is 14.0 Å². The first-order valence-corrected chi connectivity index (χ1v) is 6.74. The maximum Gasteiger partial charge on any atom is 0.342 e. The Bertz CT molecular complexity index is 518. The number of carbonyl (C=O) groups excluding carboxylic acids is 2. The standard InChI is InChI=1S/C14H14FIO3/c1-8(2)13(17)11(14(18)19-3)12(16)9-4-6-10(15)7-5-9/h4-8H,1-3H3. The molecule has 0 aliphatic carbocycles. The van der Waals surface area contributed by atoms with Crippen molar-refractivity contribution in [3.63, 3.8) is 0 Å². The van der Waals surface area contributed by atoms with Crippen LogP contribution >= 0.6 is 22.6 Å². The van der Waals surface area contributed by atoms with Crippen LogP contribution in [0.1, 0.15) is 19.4 Å². The smallest absolute Gasteiger partial charge is 0.342 e. The molecule has 0 spiro atoms. The van der Waals surface area contributed by atoms with Crippen molar-refractivity contribution < 1.29 is 18.7 Å². The third-order valence-electron chi connectivity index (χ3n) is 2.48. The monoisotopic (exact) mass is 376 g/mol. The van der Waals surface area contributed by atoms with E-state index in [1.54, 1.807) is 13.8 Å². The Morgan fingerprint density at radius 3 is 2.16 bits per heavy atom. The molecule has 1 aromatic rings. The summed E-state index contributed by atoms with van der Waals surface area (Å²) in [5, 5.41) is 0. The lowest BCUT2D eigenvalue weighted by atomic mass is 9.99. The van der Waals surface area contributed by atoms with Gasteiger partial charge in [0.2, 0.25) is 0 Å². The number of ether oxygens (including phenoxy) is 1. The number of ketones is 1. The highest BCUT2D eigenvalue weighted by Gasteiger charge is 2.25. The van der Waals surface area contributed by atoms with E-state index < -0.39 is 5.97 Å². The molecule has 0 saturated carbocycles. The van der Waals surface area contributed by atoms with E-state index in [0.717, 1.165) is 0 Å². The minimum atomic E-state index is -0.674. The molecule has 0 unspecified atom stereocenters. The number of esters is 1. The summed E-state index contributed by atoms with van der Waals surface area (Å²) in [6, 6.07) is 5.60. The van der Waals surface area contributed by atoms with Crippen LogP contribution in [-0.4, -0.2) is 18.9 Å². The molecule has 0 heterocycles. The lowest BCUT2D eigenvalue weighted by Crippen LogP contribution is -2.19. The summed E-state index contributed by atoms with van der Waals surface area (Å²) in [6.07, 6.45) is 0. The van der Waals surface area contributed by atoms with E-state index in [0.29, 0.717) is 9.14 Å². The van der Waals surface area contributed by atoms with Gasteiger partial charge < -0.3 is 4.74 Å². The summed E-state index contributed by atoms with van der Waals surface area (Å²) in [5.41, 5.74) is 0.612. The van der Waals surface area contributed by atoms with Gasteiger partial charge in [0, 0.05) is 9.50 Å². The molecular weight excluding hydrogens is 362 g/mol. The van der Waals surface area contributed by atoms with Crippen molar-refractivity contribution in [1.29, 1.82) is 0 Å². The Morgan fingerprint density at radius 2 is 1.74 bits per heavy atom. The summed E-state index contributed by atoms with van der Waals surface area (Å²) in [7, 11) is 1.23. The van der Waals surface area contributed by atoms with Crippen LogP contribution < -0.4 is 0 Å². The number of hydrogen-bond acceptors (Lipinski definition) is 3. The van der Waals surface area contributed by atoms with Crippen LogP contribution in [0.5, 0.6) is 0 Å². The Labute approximate surface area is 125 Å². The van der Waals surface area contributed by atoms with Gasteiger partial charge in [-0.15, -0.1) is 0 Å². The molecule has 0 radical (unpaired) electrons.